The minimum Gasteiger partial charge on any atom is -0.352 e. The predicted molar refractivity (Wildman–Crippen MR) is 90.8 cm³/mol. The number of piperidine rings is 1. The molecule has 1 saturated heterocycles. The molecule has 1 aliphatic heterocycles. The first-order chi connectivity index (χ1) is 10.2. The Morgan fingerprint density at radius 3 is 2.62 bits per heavy atom. The molecular weight excluding hydrogens is 280 g/mol. The van der Waals surface area contributed by atoms with E-state index < -0.39 is 0 Å². The number of hydrogen-bond donors (Lipinski definition) is 2. The molecule has 0 spiro atoms. The molecule has 0 radical (unpaired) electrons. The Kier molecular flexibility index (Phi) is 6.12. The van der Waals surface area contributed by atoms with E-state index in [4.69, 9.17) is 0 Å². The first-order valence-electron chi connectivity index (χ1n) is 7.84. The molecule has 1 aromatic carbocycles. The summed E-state index contributed by atoms with van der Waals surface area (Å²) in [6.07, 6.45) is 1.74. The molecule has 1 atom stereocenters. The van der Waals surface area contributed by atoms with Crippen LogP contribution in [0.1, 0.15) is 32.3 Å². The van der Waals surface area contributed by atoms with Crippen molar-refractivity contribution in [2.75, 3.05) is 24.6 Å². The Morgan fingerprint density at radius 2 is 2.00 bits per heavy atom. The van der Waals surface area contributed by atoms with E-state index >= 15 is 0 Å². The van der Waals surface area contributed by atoms with Gasteiger partial charge in [0.05, 0.1) is 5.41 Å². The van der Waals surface area contributed by atoms with Crippen LogP contribution in [-0.2, 0) is 10.2 Å². The van der Waals surface area contributed by atoms with E-state index in [9.17, 15) is 4.79 Å². The Hall–Kier alpha value is -1.00. The number of carbonyl (C=O) groups is 1. The summed E-state index contributed by atoms with van der Waals surface area (Å²) in [4.78, 5) is 12.9. The highest BCUT2D eigenvalue weighted by molar-refractivity contribution is 7.99. The Balaban J connectivity index is 2.14. The molecule has 3 nitrogen and oxygen atoms in total. The Morgan fingerprint density at radius 1 is 1.33 bits per heavy atom. The number of benzene rings is 1. The third-order valence-electron chi connectivity index (χ3n) is 4.17. The normalized spacial score (nSPS) is 19.0. The number of rotatable bonds is 6. The fourth-order valence-electron chi connectivity index (χ4n) is 2.96. The van der Waals surface area contributed by atoms with E-state index in [0.717, 1.165) is 43.0 Å². The second-order valence-corrected chi connectivity index (χ2v) is 7.05. The number of amides is 1. The summed E-state index contributed by atoms with van der Waals surface area (Å²) < 4.78 is 0. The second-order valence-electron chi connectivity index (χ2n) is 5.73. The van der Waals surface area contributed by atoms with Crippen molar-refractivity contribution in [1.82, 2.24) is 10.6 Å². The molecule has 4 heteroatoms. The number of carbonyl (C=O) groups excluding carboxylic acids is 1. The van der Waals surface area contributed by atoms with E-state index in [1.807, 2.05) is 30.0 Å². The average molecular weight is 306 g/mol. The molecule has 1 amide bonds. The van der Waals surface area contributed by atoms with Gasteiger partial charge in [0.15, 0.2) is 0 Å². The lowest BCUT2D eigenvalue weighted by molar-refractivity contribution is -0.128. The zero-order valence-electron chi connectivity index (χ0n) is 13.0. The van der Waals surface area contributed by atoms with Crippen LogP contribution in [0, 0.1) is 0 Å². The lowest BCUT2D eigenvalue weighted by atomic mass is 9.72. The highest BCUT2D eigenvalue weighted by Crippen LogP contribution is 2.33. The summed E-state index contributed by atoms with van der Waals surface area (Å²) in [7, 11) is 0. The molecule has 0 aromatic heterocycles. The van der Waals surface area contributed by atoms with Gasteiger partial charge in [-0.15, -0.1) is 0 Å². The third kappa shape index (κ3) is 4.01. The van der Waals surface area contributed by atoms with Gasteiger partial charge in [-0.2, -0.15) is 11.8 Å². The van der Waals surface area contributed by atoms with Crippen LogP contribution < -0.4 is 10.6 Å². The van der Waals surface area contributed by atoms with Gasteiger partial charge < -0.3 is 10.6 Å². The zero-order chi connectivity index (χ0) is 15.1. The van der Waals surface area contributed by atoms with Crippen LogP contribution >= 0.6 is 11.8 Å². The van der Waals surface area contributed by atoms with Crippen molar-refractivity contribution in [3.63, 3.8) is 0 Å². The second kappa shape index (κ2) is 7.85. The maximum atomic E-state index is 12.9. The van der Waals surface area contributed by atoms with Crippen LogP contribution in [0.5, 0.6) is 0 Å². The van der Waals surface area contributed by atoms with E-state index in [0.29, 0.717) is 0 Å². The summed E-state index contributed by atoms with van der Waals surface area (Å²) >= 11 is 1.87. The first kappa shape index (κ1) is 16.4. The lowest BCUT2D eigenvalue weighted by Gasteiger charge is -2.37. The maximum Gasteiger partial charge on any atom is 0.230 e. The summed E-state index contributed by atoms with van der Waals surface area (Å²) in [5.41, 5.74) is 0.789. The standard InChI is InChI=1S/C17H26N2OS/c1-3-21-13-14(2)19-16(20)17(9-11-18-12-10-17)15-7-5-4-6-8-15/h4-8,14,18H,3,9-13H2,1-2H3,(H,19,20). The smallest absolute Gasteiger partial charge is 0.230 e. The SMILES string of the molecule is CCSCC(C)NC(=O)C1(c2ccccc2)CCNCC1. The molecule has 1 aromatic rings. The highest BCUT2D eigenvalue weighted by Gasteiger charge is 2.41. The maximum absolute atomic E-state index is 12.9. The highest BCUT2D eigenvalue weighted by atomic mass is 32.2. The lowest BCUT2D eigenvalue weighted by Crippen LogP contribution is -2.53. The molecule has 0 saturated carbocycles. The number of thioether (sulfide) groups is 1. The predicted octanol–water partition coefficient (Wildman–Crippen LogP) is 2.57. The van der Waals surface area contributed by atoms with Crippen LogP contribution in [0.4, 0.5) is 0 Å². The summed E-state index contributed by atoms with van der Waals surface area (Å²) in [5.74, 6) is 2.26. The quantitative estimate of drug-likeness (QED) is 0.849. The van der Waals surface area contributed by atoms with Gasteiger partial charge in [0, 0.05) is 11.8 Å². The average Bonchev–Trinajstić information content (AvgIpc) is 2.54. The third-order valence-corrected chi connectivity index (χ3v) is 5.31. The molecule has 2 rings (SSSR count). The molecule has 116 valence electrons. The van der Waals surface area contributed by atoms with Gasteiger partial charge in [-0.25, -0.2) is 0 Å². The number of nitrogens with one attached hydrogen (secondary N) is 2. The van der Waals surface area contributed by atoms with Crippen LogP contribution in [0.3, 0.4) is 0 Å². The van der Waals surface area contributed by atoms with Crippen LogP contribution in [0.25, 0.3) is 0 Å². The van der Waals surface area contributed by atoms with Crippen LogP contribution in [0.2, 0.25) is 0 Å². The van der Waals surface area contributed by atoms with E-state index in [1.54, 1.807) is 0 Å². The first-order valence-corrected chi connectivity index (χ1v) is 8.99. The van der Waals surface area contributed by atoms with Gasteiger partial charge in [0.2, 0.25) is 5.91 Å². The fourth-order valence-corrected chi connectivity index (χ4v) is 3.63. The van der Waals surface area contributed by atoms with E-state index in [2.05, 4.69) is 36.6 Å². The largest absolute Gasteiger partial charge is 0.352 e. The van der Waals surface area contributed by atoms with E-state index in [1.165, 1.54) is 0 Å². The van der Waals surface area contributed by atoms with Gasteiger partial charge in [-0.3, -0.25) is 4.79 Å². The molecular formula is C17H26N2OS. The number of hydrogen-bond acceptors (Lipinski definition) is 3. The zero-order valence-corrected chi connectivity index (χ0v) is 13.8. The molecule has 2 N–H and O–H groups in total. The van der Waals surface area contributed by atoms with Crippen molar-refractivity contribution in [3.05, 3.63) is 35.9 Å². The van der Waals surface area contributed by atoms with Crippen LogP contribution in [-0.4, -0.2) is 36.5 Å². The summed E-state index contributed by atoms with van der Waals surface area (Å²) in [6, 6.07) is 10.5. The Labute approximate surface area is 132 Å². The molecule has 21 heavy (non-hydrogen) atoms. The molecule has 0 bridgehead atoms. The Bertz CT molecular complexity index is 443. The van der Waals surface area contributed by atoms with Gasteiger partial charge in [0.1, 0.15) is 0 Å². The molecule has 1 unspecified atom stereocenters. The topological polar surface area (TPSA) is 41.1 Å². The van der Waals surface area contributed by atoms with Crippen molar-refractivity contribution in [1.29, 1.82) is 0 Å². The van der Waals surface area contributed by atoms with Crippen molar-refractivity contribution < 1.29 is 4.79 Å². The monoisotopic (exact) mass is 306 g/mol. The summed E-state index contributed by atoms with van der Waals surface area (Å²) in [5, 5.41) is 6.60. The molecule has 1 heterocycles. The minimum absolute atomic E-state index is 0.194. The molecule has 1 fully saturated rings. The van der Waals surface area contributed by atoms with Gasteiger partial charge in [0.25, 0.3) is 0 Å². The molecule has 1 aliphatic rings. The van der Waals surface area contributed by atoms with Gasteiger partial charge in [-0.05, 0) is 44.2 Å². The fraction of sp³-hybridized carbons (Fsp3) is 0.588. The molecule has 0 aliphatic carbocycles. The van der Waals surface area contributed by atoms with Crippen molar-refractivity contribution in [2.24, 2.45) is 0 Å². The van der Waals surface area contributed by atoms with Crippen molar-refractivity contribution in [2.45, 2.75) is 38.1 Å². The van der Waals surface area contributed by atoms with Gasteiger partial charge >= 0.3 is 0 Å². The van der Waals surface area contributed by atoms with E-state index in [-0.39, 0.29) is 17.4 Å². The van der Waals surface area contributed by atoms with Gasteiger partial charge in [-0.1, -0.05) is 37.3 Å². The van der Waals surface area contributed by atoms with Crippen LogP contribution in [0.15, 0.2) is 30.3 Å². The summed E-state index contributed by atoms with van der Waals surface area (Å²) in [6.45, 7) is 6.05. The van der Waals surface area contributed by atoms with Crippen molar-refractivity contribution >= 4 is 17.7 Å². The minimum atomic E-state index is -0.363. The van der Waals surface area contributed by atoms with Crippen molar-refractivity contribution in [3.8, 4) is 0 Å².